The van der Waals surface area contributed by atoms with Gasteiger partial charge in [-0.2, -0.15) is 13.1 Å². The van der Waals surface area contributed by atoms with Gasteiger partial charge in [-0.25, -0.2) is 8.42 Å². The van der Waals surface area contributed by atoms with Gasteiger partial charge in [0.05, 0.1) is 17.6 Å². The molecule has 0 unspecified atom stereocenters. The molecule has 1 amide bonds. The molecule has 4 rings (SSSR count). The highest BCUT2D eigenvalue weighted by atomic mass is 79.9. The predicted molar refractivity (Wildman–Crippen MR) is 116 cm³/mol. The molecule has 3 aromatic rings. The van der Waals surface area contributed by atoms with Gasteiger partial charge >= 0.3 is 0 Å². The fourth-order valence-electron chi connectivity index (χ4n) is 3.56. The molecular formula is C19H19BrN4O3S2. The van der Waals surface area contributed by atoms with Crippen molar-refractivity contribution in [2.45, 2.75) is 17.7 Å². The molecule has 1 aliphatic heterocycles. The lowest BCUT2D eigenvalue weighted by atomic mass is 9.98. The van der Waals surface area contributed by atoms with E-state index in [4.69, 9.17) is 0 Å². The highest BCUT2D eigenvalue weighted by Crippen LogP contribution is 2.29. The Morgan fingerprint density at radius 1 is 1.21 bits per heavy atom. The molecule has 0 bridgehead atoms. The number of hydrogen-bond acceptors (Lipinski definition) is 6. The number of aromatic nitrogens is 2. The first kappa shape index (κ1) is 20.4. The number of halogens is 1. The van der Waals surface area contributed by atoms with Crippen LogP contribution in [0, 0.1) is 5.92 Å². The average Bonchev–Trinajstić information content (AvgIpc) is 3.22. The van der Waals surface area contributed by atoms with Crippen LogP contribution in [0.3, 0.4) is 0 Å². The molecule has 2 heterocycles. The number of rotatable bonds is 4. The van der Waals surface area contributed by atoms with E-state index in [0.717, 1.165) is 21.9 Å². The van der Waals surface area contributed by atoms with Crippen molar-refractivity contribution >= 4 is 60.3 Å². The molecule has 1 aliphatic rings. The number of amides is 1. The number of nitrogens with zero attached hydrogens (tertiary/aromatic N) is 4. The van der Waals surface area contributed by atoms with Gasteiger partial charge in [0.2, 0.25) is 15.9 Å². The molecule has 29 heavy (non-hydrogen) atoms. The Hall–Kier alpha value is -1.88. The summed E-state index contributed by atoms with van der Waals surface area (Å²) in [4.78, 5) is 14.8. The third-order valence-corrected chi connectivity index (χ3v) is 8.11. The molecule has 0 N–H and O–H groups in total. The molecule has 2 aromatic carbocycles. The Balaban J connectivity index is 1.57. The Kier molecular flexibility index (Phi) is 5.69. The predicted octanol–water partition coefficient (Wildman–Crippen LogP) is 3.52. The number of hydrogen-bond donors (Lipinski definition) is 0. The average molecular weight is 495 g/mol. The normalized spacial score (nSPS) is 18.1. The zero-order chi connectivity index (χ0) is 20.6. The van der Waals surface area contributed by atoms with Crippen molar-refractivity contribution in [3.63, 3.8) is 0 Å². The van der Waals surface area contributed by atoms with Crippen molar-refractivity contribution in [1.82, 2.24) is 13.1 Å². The molecule has 0 saturated carbocycles. The Labute approximate surface area is 181 Å². The molecular weight excluding hydrogens is 476 g/mol. The second-order valence-corrected chi connectivity index (χ2v) is 10.3. The molecule has 1 fully saturated rings. The summed E-state index contributed by atoms with van der Waals surface area (Å²) in [5, 5.41) is 0. The van der Waals surface area contributed by atoms with Crippen molar-refractivity contribution < 1.29 is 13.2 Å². The van der Waals surface area contributed by atoms with Crippen molar-refractivity contribution in [3.05, 3.63) is 46.9 Å². The van der Waals surface area contributed by atoms with Crippen LogP contribution in [-0.2, 0) is 14.8 Å². The minimum absolute atomic E-state index is 0.0826. The van der Waals surface area contributed by atoms with Gasteiger partial charge in [0.1, 0.15) is 15.9 Å². The maximum Gasteiger partial charge on any atom is 0.245 e. The molecule has 0 aliphatic carbocycles. The van der Waals surface area contributed by atoms with Crippen LogP contribution >= 0.6 is 27.7 Å². The largest absolute Gasteiger partial charge is 0.315 e. The number of sulfonamides is 1. The van der Waals surface area contributed by atoms with E-state index in [2.05, 4.69) is 24.7 Å². The van der Waals surface area contributed by atoms with Gasteiger partial charge in [-0.3, -0.25) is 4.79 Å². The Morgan fingerprint density at radius 2 is 1.97 bits per heavy atom. The van der Waals surface area contributed by atoms with E-state index in [1.165, 1.54) is 4.31 Å². The monoisotopic (exact) mass is 494 g/mol. The maximum atomic E-state index is 13.3. The summed E-state index contributed by atoms with van der Waals surface area (Å²) in [5.74, 6) is -0.472. The van der Waals surface area contributed by atoms with Gasteiger partial charge < -0.3 is 4.90 Å². The van der Waals surface area contributed by atoms with Crippen LogP contribution in [0.15, 0.2) is 51.8 Å². The van der Waals surface area contributed by atoms with E-state index in [-0.39, 0.29) is 23.3 Å². The molecule has 0 spiro atoms. The SMILES string of the molecule is CN(C(=O)[C@@H]1CCCN(S(=O)(=O)c2cccc3nsnc23)C1)c1ccc(Br)cc1. The summed E-state index contributed by atoms with van der Waals surface area (Å²) in [5.41, 5.74) is 1.73. The summed E-state index contributed by atoms with van der Waals surface area (Å²) in [6, 6.07) is 12.4. The van der Waals surface area contributed by atoms with Crippen molar-refractivity contribution in [3.8, 4) is 0 Å². The van der Waals surface area contributed by atoms with Crippen LogP contribution < -0.4 is 4.90 Å². The third-order valence-electron chi connectivity index (χ3n) is 5.14. The summed E-state index contributed by atoms with van der Waals surface area (Å²) < 4.78 is 37.2. The first-order chi connectivity index (χ1) is 13.9. The van der Waals surface area contributed by atoms with E-state index in [9.17, 15) is 13.2 Å². The Bertz CT molecular complexity index is 1150. The van der Waals surface area contributed by atoms with Gasteiger partial charge in [0, 0.05) is 30.3 Å². The van der Waals surface area contributed by atoms with E-state index in [0.29, 0.717) is 30.4 Å². The molecule has 7 nitrogen and oxygen atoms in total. The van der Waals surface area contributed by atoms with E-state index < -0.39 is 10.0 Å². The quantitative estimate of drug-likeness (QED) is 0.553. The minimum Gasteiger partial charge on any atom is -0.315 e. The van der Waals surface area contributed by atoms with Crippen LogP contribution in [0.4, 0.5) is 5.69 Å². The lowest BCUT2D eigenvalue weighted by Gasteiger charge is -2.33. The van der Waals surface area contributed by atoms with E-state index in [1.807, 2.05) is 24.3 Å². The summed E-state index contributed by atoms with van der Waals surface area (Å²) in [7, 11) is -2.04. The van der Waals surface area contributed by atoms with Crippen molar-refractivity contribution in [2.24, 2.45) is 5.92 Å². The summed E-state index contributed by atoms with van der Waals surface area (Å²) in [6.45, 7) is 0.554. The fraction of sp³-hybridized carbons (Fsp3) is 0.316. The van der Waals surface area contributed by atoms with E-state index in [1.54, 1.807) is 30.1 Å². The second kappa shape index (κ2) is 8.10. The minimum atomic E-state index is -3.76. The van der Waals surface area contributed by atoms with Gasteiger partial charge in [0.15, 0.2) is 0 Å². The number of benzene rings is 2. The van der Waals surface area contributed by atoms with Crippen LogP contribution in [0.5, 0.6) is 0 Å². The second-order valence-electron chi connectivity index (χ2n) is 6.96. The highest BCUT2D eigenvalue weighted by molar-refractivity contribution is 9.10. The molecule has 1 saturated heterocycles. The number of fused-ring (bicyclic) bond motifs is 1. The fourth-order valence-corrected chi connectivity index (χ4v) is 6.10. The van der Waals surface area contributed by atoms with Gasteiger partial charge in [-0.1, -0.05) is 22.0 Å². The molecule has 0 radical (unpaired) electrons. The van der Waals surface area contributed by atoms with Crippen molar-refractivity contribution in [1.29, 1.82) is 0 Å². The van der Waals surface area contributed by atoms with Crippen LogP contribution in [0.25, 0.3) is 11.0 Å². The maximum absolute atomic E-state index is 13.3. The topological polar surface area (TPSA) is 83.5 Å². The summed E-state index contributed by atoms with van der Waals surface area (Å²) in [6.07, 6.45) is 1.29. The first-order valence-electron chi connectivity index (χ1n) is 9.12. The van der Waals surface area contributed by atoms with Gasteiger partial charge in [-0.15, -0.1) is 0 Å². The molecule has 10 heteroatoms. The zero-order valence-corrected chi connectivity index (χ0v) is 18.9. The number of carbonyl (C=O) groups is 1. The number of carbonyl (C=O) groups excluding carboxylic acids is 1. The number of piperidine rings is 1. The smallest absolute Gasteiger partial charge is 0.245 e. The van der Waals surface area contributed by atoms with E-state index >= 15 is 0 Å². The van der Waals surface area contributed by atoms with Gasteiger partial charge in [-0.05, 0) is 49.2 Å². The standard InChI is InChI=1S/C19H19BrN4O3S2/c1-23(15-9-7-14(20)8-10-15)19(25)13-4-3-11-24(12-13)29(26,27)17-6-2-5-16-18(17)22-28-21-16/h2,5-10,13H,3-4,11-12H2,1H3/t13-/m1/s1. The lowest BCUT2D eigenvalue weighted by molar-refractivity contribution is -0.123. The van der Waals surface area contributed by atoms with Crippen LogP contribution in [0.2, 0.25) is 0 Å². The third kappa shape index (κ3) is 3.94. The highest BCUT2D eigenvalue weighted by Gasteiger charge is 2.35. The molecule has 152 valence electrons. The van der Waals surface area contributed by atoms with Crippen molar-refractivity contribution in [2.75, 3.05) is 25.0 Å². The van der Waals surface area contributed by atoms with Crippen LogP contribution in [-0.4, -0.2) is 47.5 Å². The molecule has 1 aromatic heterocycles. The Morgan fingerprint density at radius 3 is 2.72 bits per heavy atom. The molecule has 1 atom stereocenters. The first-order valence-corrected chi connectivity index (χ1v) is 12.1. The summed E-state index contributed by atoms with van der Waals surface area (Å²) >= 11 is 4.38. The van der Waals surface area contributed by atoms with Gasteiger partial charge in [0.25, 0.3) is 0 Å². The zero-order valence-electron chi connectivity index (χ0n) is 15.7. The van der Waals surface area contributed by atoms with Crippen LogP contribution in [0.1, 0.15) is 12.8 Å². The number of anilines is 1. The lowest BCUT2D eigenvalue weighted by Crippen LogP contribution is -2.46.